The second kappa shape index (κ2) is 13.2. The highest BCUT2D eigenvalue weighted by atomic mass is 127. The number of rotatable bonds is 3. The molecule has 0 saturated carbocycles. The Morgan fingerprint density at radius 2 is 1.40 bits per heavy atom. The minimum atomic E-state index is -1.47. The lowest BCUT2D eigenvalue weighted by Crippen LogP contribution is -2.16. The minimum Gasteiger partial charge on any atom is -0.355 e. The molecule has 2 N–H and O–H groups in total. The van der Waals surface area contributed by atoms with E-state index in [9.17, 15) is 0 Å². The largest absolute Gasteiger partial charge is 0.355 e. The number of fused-ring (bicyclic) bond motifs is 8. The van der Waals surface area contributed by atoms with E-state index in [1.54, 1.807) is 0 Å². The molecule has 3 aromatic carbocycles. The van der Waals surface area contributed by atoms with Gasteiger partial charge in [-0.05, 0) is 113 Å². The molecule has 2 aliphatic rings. The molecule has 0 aliphatic carbocycles. The van der Waals surface area contributed by atoms with Gasteiger partial charge >= 0.3 is 0 Å². The number of benzene rings is 3. The van der Waals surface area contributed by atoms with Gasteiger partial charge < -0.3 is 9.97 Å². The van der Waals surface area contributed by atoms with Crippen LogP contribution in [0.1, 0.15) is 53.3 Å². The Bertz CT molecular complexity index is 2610. The Hall–Kier alpha value is -4.97. The summed E-state index contributed by atoms with van der Waals surface area (Å²) in [5.74, 6) is 3.40. The van der Waals surface area contributed by atoms with Gasteiger partial charge in [0.1, 0.15) is 8.07 Å². The summed E-state index contributed by atoms with van der Waals surface area (Å²) in [6.45, 7) is 13.5. The number of H-pyrrole nitrogens is 2. The molecule has 6 aromatic rings. The van der Waals surface area contributed by atoms with Crippen molar-refractivity contribution in [3.8, 4) is 33.7 Å². The molecule has 256 valence electrons. The first kappa shape index (κ1) is 34.1. The quantitative estimate of drug-likeness (QED) is 0.106. The number of hydrogen-bond donors (Lipinski definition) is 2. The number of nitrogens with one attached hydrogen (secondary N) is 2. The minimum absolute atomic E-state index is 0.156. The van der Waals surface area contributed by atoms with Gasteiger partial charge in [-0.1, -0.05) is 93.5 Å². The van der Waals surface area contributed by atoms with Crippen molar-refractivity contribution >= 4 is 64.4 Å². The van der Waals surface area contributed by atoms with Gasteiger partial charge in [-0.15, -0.1) is 5.54 Å². The predicted octanol–water partition coefficient (Wildman–Crippen LogP) is 11.9. The van der Waals surface area contributed by atoms with Crippen molar-refractivity contribution in [3.63, 3.8) is 0 Å². The zero-order chi connectivity index (χ0) is 36.2. The van der Waals surface area contributed by atoms with Crippen molar-refractivity contribution in [1.29, 1.82) is 0 Å². The van der Waals surface area contributed by atoms with Gasteiger partial charge in [0.15, 0.2) is 0 Å². The summed E-state index contributed by atoms with van der Waals surface area (Å²) in [4.78, 5) is 18.2. The molecule has 0 spiro atoms. The molecule has 0 amide bonds. The van der Waals surface area contributed by atoms with Crippen molar-refractivity contribution in [2.24, 2.45) is 0 Å². The number of nitrogens with zero attached hydrogens (tertiary/aromatic N) is 2. The van der Waals surface area contributed by atoms with Crippen LogP contribution in [-0.4, -0.2) is 28.0 Å². The van der Waals surface area contributed by atoms with Gasteiger partial charge in [0.05, 0.1) is 11.4 Å². The van der Waals surface area contributed by atoms with E-state index in [1.807, 2.05) is 0 Å². The zero-order valence-electron chi connectivity index (χ0n) is 30.4. The van der Waals surface area contributed by atoms with Gasteiger partial charge in [0.25, 0.3) is 0 Å². The van der Waals surface area contributed by atoms with Gasteiger partial charge in [0, 0.05) is 71.1 Å². The van der Waals surface area contributed by atoms with E-state index in [0.717, 1.165) is 90.2 Å². The molecule has 3 aromatic heterocycles. The number of hydrogen-bond acceptors (Lipinski definition) is 2. The van der Waals surface area contributed by atoms with Crippen LogP contribution in [0.3, 0.4) is 0 Å². The molecule has 8 bridgehead atoms. The van der Waals surface area contributed by atoms with Crippen molar-refractivity contribution < 1.29 is 0 Å². The van der Waals surface area contributed by atoms with Crippen LogP contribution in [0.25, 0.3) is 56.0 Å². The lowest BCUT2D eigenvalue weighted by Gasteiger charge is -2.16. The van der Waals surface area contributed by atoms with Crippen molar-refractivity contribution in [1.82, 2.24) is 19.9 Å². The average Bonchev–Trinajstić information content (AvgIpc) is 3.88. The molecule has 6 heteroatoms. The molecule has 8 rings (SSSR count). The SMILES string of the molecule is Cc1ccc(-c2c3nc(cc4nc(cc5cc(-c6ccc(C#C[Si](C)(C)C)cc6)c(cc6ccc2[nH]6)[nH]5)CC4(C)C)C(c2ccc(I)cc2)=C3)cc1. The number of aryl methyl sites for hydroxylation is 1. The fourth-order valence-corrected chi connectivity index (χ4v) is 7.79. The number of halogens is 1. The first-order chi connectivity index (χ1) is 24.9. The highest BCUT2D eigenvalue weighted by Crippen LogP contribution is 2.38. The molecule has 0 unspecified atom stereocenters. The van der Waals surface area contributed by atoms with Gasteiger partial charge in [-0.3, -0.25) is 4.98 Å². The zero-order valence-corrected chi connectivity index (χ0v) is 33.6. The van der Waals surface area contributed by atoms with Crippen molar-refractivity contribution in [3.05, 3.63) is 152 Å². The van der Waals surface area contributed by atoms with Crippen LogP contribution in [-0.2, 0) is 11.8 Å². The second-order valence-electron chi connectivity index (χ2n) is 15.6. The molecule has 5 heterocycles. The van der Waals surface area contributed by atoms with E-state index >= 15 is 0 Å². The highest BCUT2D eigenvalue weighted by molar-refractivity contribution is 14.1. The lowest BCUT2D eigenvalue weighted by atomic mass is 9.86. The van der Waals surface area contributed by atoms with Crippen LogP contribution < -0.4 is 0 Å². The Labute approximate surface area is 320 Å². The van der Waals surface area contributed by atoms with Gasteiger partial charge in [-0.25, -0.2) is 4.98 Å². The summed E-state index contributed by atoms with van der Waals surface area (Å²) in [5, 5.41) is 0. The van der Waals surface area contributed by atoms with Crippen LogP contribution in [0, 0.1) is 22.0 Å². The smallest absolute Gasteiger partial charge is 0.129 e. The standard InChI is InChI=1S/C46H41IN4Si/c1-29-7-11-33(12-8-29)45-40-20-19-35(48-40)25-41-38(31-13-9-30(10-14-31)21-22-52(4,5)6)24-36(49-41)23-37-28-46(2,3)44(50-37)27-42-39(26-43(45)51-42)32-15-17-34(47)18-16-32/h7-20,23-27,48-49H,28H2,1-6H3. The van der Waals surface area contributed by atoms with Crippen LogP contribution in [0.2, 0.25) is 19.6 Å². The molecule has 0 fully saturated rings. The number of aromatic nitrogens is 4. The maximum Gasteiger partial charge on any atom is 0.129 e. The Balaban J connectivity index is 1.41. The van der Waals surface area contributed by atoms with E-state index in [0.29, 0.717) is 0 Å². The monoisotopic (exact) mass is 804 g/mol. The van der Waals surface area contributed by atoms with Gasteiger partial charge in [0.2, 0.25) is 0 Å². The molecule has 4 nitrogen and oxygen atoms in total. The molecular formula is C46H41IN4Si. The Morgan fingerprint density at radius 1 is 0.712 bits per heavy atom. The maximum atomic E-state index is 5.40. The van der Waals surface area contributed by atoms with Crippen molar-refractivity contribution in [2.45, 2.75) is 52.2 Å². The number of aromatic amines is 2. The van der Waals surface area contributed by atoms with E-state index in [-0.39, 0.29) is 5.41 Å². The van der Waals surface area contributed by atoms with Crippen LogP contribution in [0.15, 0.2) is 109 Å². The molecule has 0 radical (unpaired) electrons. The molecule has 2 aliphatic heterocycles. The van der Waals surface area contributed by atoms with E-state index in [4.69, 9.17) is 9.97 Å². The third kappa shape index (κ3) is 7.08. The molecule has 0 saturated heterocycles. The molecule has 0 atom stereocenters. The van der Waals surface area contributed by atoms with Crippen LogP contribution in [0.5, 0.6) is 0 Å². The fraction of sp³-hybridized carbons (Fsp3) is 0.174. The summed E-state index contributed by atoms with van der Waals surface area (Å²) < 4.78 is 1.20. The normalized spacial score (nSPS) is 13.7. The van der Waals surface area contributed by atoms with E-state index < -0.39 is 8.07 Å². The van der Waals surface area contributed by atoms with Crippen molar-refractivity contribution in [2.75, 3.05) is 0 Å². The predicted molar refractivity (Wildman–Crippen MR) is 230 cm³/mol. The third-order valence-corrected chi connectivity index (χ3v) is 11.2. The summed E-state index contributed by atoms with van der Waals surface area (Å²) in [6.07, 6.45) is 3.08. The molecular weight excluding hydrogens is 764 g/mol. The fourth-order valence-electron chi connectivity index (χ4n) is 6.92. The Morgan fingerprint density at radius 3 is 2.13 bits per heavy atom. The Kier molecular flexibility index (Phi) is 8.67. The first-order valence-electron chi connectivity index (χ1n) is 17.8. The highest BCUT2D eigenvalue weighted by Gasteiger charge is 2.29. The van der Waals surface area contributed by atoms with E-state index in [2.05, 4.69) is 200 Å². The first-order valence-corrected chi connectivity index (χ1v) is 22.4. The topological polar surface area (TPSA) is 57.4 Å². The van der Waals surface area contributed by atoms with Gasteiger partial charge in [-0.2, -0.15) is 0 Å². The maximum absolute atomic E-state index is 5.40. The lowest BCUT2D eigenvalue weighted by molar-refractivity contribution is 0.543. The summed E-state index contributed by atoms with van der Waals surface area (Å²) >= 11 is 2.37. The second-order valence-corrected chi connectivity index (χ2v) is 21.6. The van der Waals surface area contributed by atoms with E-state index in [1.165, 1.54) is 9.13 Å². The molecule has 52 heavy (non-hydrogen) atoms. The van der Waals surface area contributed by atoms with Crippen LogP contribution >= 0.6 is 22.6 Å². The van der Waals surface area contributed by atoms with Crippen LogP contribution in [0.4, 0.5) is 0 Å². The summed E-state index contributed by atoms with van der Waals surface area (Å²) in [5.41, 5.74) is 20.3. The third-order valence-electron chi connectivity index (χ3n) is 9.65. The summed E-state index contributed by atoms with van der Waals surface area (Å²) in [7, 11) is -1.47. The summed E-state index contributed by atoms with van der Waals surface area (Å²) in [6, 6.07) is 39.3. The average molecular weight is 805 g/mol.